The number of nitrogens with zero attached hydrogens (tertiary/aromatic N) is 4. The van der Waals surface area contributed by atoms with E-state index in [0.29, 0.717) is 17.6 Å². The summed E-state index contributed by atoms with van der Waals surface area (Å²) in [7, 11) is 1.23. The largest absolute Gasteiger partial charge is 0.550 e. The van der Waals surface area contributed by atoms with Crippen molar-refractivity contribution in [3.63, 3.8) is 0 Å². The van der Waals surface area contributed by atoms with Gasteiger partial charge in [0.1, 0.15) is 29.9 Å². The summed E-state index contributed by atoms with van der Waals surface area (Å²) in [5.41, 5.74) is 3.22. The van der Waals surface area contributed by atoms with Gasteiger partial charge in [0.05, 0.1) is 20.0 Å². The van der Waals surface area contributed by atoms with Crippen molar-refractivity contribution in [2.24, 2.45) is 5.92 Å². The molecule has 2 N–H and O–H groups in total. The maximum absolute atomic E-state index is 12.1. The molecule has 0 aromatic carbocycles. The minimum atomic E-state index is -1.38. The molecule has 0 saturated carbocycles. The van der Waals surface area contributed by atoms with Crippen LogP contribution in [0.4, 0.5) is 17.5 Å². The number of esters is 2. The number of carbonyl (C=O) groups excluding carboxylic acids is 3. The Kier molecular flexibility index (Phi) is 9.73. The first-order valence-electron chi connectivity index (χ1n) is 13.8. The van der Waals surface area contributed by atoms with Crippen LogP contribution in [0.25, 0.3) is 0 Å². The third-order valence-electron chi connectivity index (χ3n) is 7.42. The van der Waals surface area contributed by atoms with Gasteiger partial charge in [-0.1, -0.05) is 6.07 Å². The number of carboxylic acid groups (broad SMARTS) is 1. The fourth-order valence-electron chi connectivity index (χ4n) is 5.12. The number of hydrogen-bond donors (Lipinski definition) is 2. The average molecular weight is 554 g/mol. The number of fused-ring (bicyclic) bond motifs is 1. The van der Waals surface area contributed by atoms with E-state index >= 15 is 0 Å². The third kappa shape index (κ3) is 7.36. The van der Waals surface area contributed by atoms with Crippen molar-refractivity contribution in [3.8, 4) is 0 Å². The molecule has 1 fully saturated rings. The van der Waals surface area contributed by atoms with E-state index in [1.807, 2.05) is 6.92 Å². The molecule has 0 amide bonds. The topological polar surface area (TPSA) is 159 Å². The Morgan fingerprint density at radius 1 is 1.15 bits per heavy atom. The number of piperidine rings is 1. The normalized spacial score (nSPS) is 15.9. The molecule has 40 heavy (non-hydrogen) atoms. The molecule has 0 radical (unpaired) electrons. The minimum Gasteiger partial charge on any atom is -0.550 e. The van der Waals surface area contributed by atoms with Crippen LogP contribution in [-0.4, -0.2) is 72.8 Å². The summed E-state index contributed by atoms with van der Waals surface area (Å²) in [5.74, 6) is -0.502. The number of aryl methyl sites for hydroxylation is 2. The molecule has 2 aromatic heterocycles. The summed E-state index contributed by atoms with van der Waals surface area (Å²) in [4.78, 5) is 51.3. The van der Waals surface area contributed by atoms with Gasteiger partial charge in [-0.3, -0.25) is 9.59 Å². The molecule has 2 aliphatic heterocycles. The Balaban J connectivity index is 1.35. The molecule has 4 rings (SSSR count). The van der Waals surface area contributed by atoms with Crippen molar-refractivity contribution in [2.75, 3.05) is 55.4 Å². The molecular formula is C28H37N6O6-. The molecule has 1 saturated heterocycles. The van der Waals surface area contributed by atoms with E-state index in [9.17, 15) is 19.5 Å². The average Bonchev–Trinajstić information content (AvgIpc) is 2.96. The number of carbonyl (C=O) groups is 3. The van der Waals surface area contributed by atoms with E-state index < -0.39 is 30.2 Å². The standard InChI is InChI=1S/C28H38N6O6/c1-17-25(30-16-21(28(37)38)15-24(36)40-14-10-23(35)39-3)31-18(2)32-27(17)34-12-8-19(9-13-34)22-7-6-20-5-4-11-29-26(20)33-22/h6-7,19,21H,4-5,8-16H2,1-3H3,(H,29,33)(H,37,38)(H,30,31,32)/p-1/t21-/m0/s1. The Hall–Kier alpha value is -3.96. The van der Waals surface area contributed by atoms with E-state index in [2.05, 4.69) is 42.4 Å². The Bertz CT molecular complexity index is 1230. The summed E-state index contributed by atoms with van der Waals surface area (Å²) < 4.78 is 9.45. The van der Waals surface area contributed by atoms with Crippen LogP contribution in [-0.2, 0) is 30.3 Å². The molecule has 0 bridgehead atoms. The first-order valence-corrected chi connectivity index (χ1v) is 13.8. The summed E-state index contributed by atoms with van der Waals surface area (Å²) in [6.45, 7) is 6.03. The number of carboxylic acids is 1. The van der Waals surface area contributed by atoms with Gasteiger partial charge in [0.2, 0.25) is 0 Å². The number of hydrogen-bond acceptors (Lipinski definition) is 12. The molecule has 0 spiro atoms. The first-order chi connectivity index (χ1) is 19.2. The molecule has 2 aliphatic rings. The summed E-state index contributed by atoms with van der Waals surface area (Å²) >= 11 is 0. The van der Waals surface area contributed by atoms with Gasteiger partial charge in [-0.25, -0.2) is 15.0 Å². The van der Waals surface area contributed by atoms with Crippen LogP contribution in [0.1, 0.15) is 60.7 Å². The monoisotopic (exact) mass is 553 g/mol. The Morgan fingerprint density at radius 3 is 2.65 bits per heavy atom. The van der Waals surface area contributed by atoms with Gasteiger partial charge < -0.3 is 34.9 Å². The number of rotatable bonds is 11. The maximum Gasteiger partial charge on any atom is 0.308 e. The minimum absolute atomic E-state index is 0.0781. The number of anilines is 3. The predicted octanol–water partition coefficient (Wildman–Crippen LogP) is 1.50. The van der Waals surface area contributed by atoms with Crippen LogP contribution in [0.3, 0.4) is 0 Å². The van der Waals surface area contributed by atoms with Crippen LogP contribution in [0.15, 0.2) is 12.1 Å². The zero-order valence-corrected chi connectivity index (χ0v) is 23.3. The van der Waals surface area contributed by atoms with Crippen molar-refractivity contribution < 1.29 is 29.0 Å². The lowest BCUT2D eigenvalue weighted by atomic mass is 9.92. The van der Waals surface area contributed by atoms with Gasteiger partial charge >= 0.3 is 11.9 Å². The van der Waals surface area contributed by atoms with Crippen molar-refractivity contribution >= 4 is 35.4 Å². The quantitative estimate of drug-likeness (QED) is 0.387. The van der Waals surface area contributed by atoms with Gasteiger partial charge in [-0.2, -0.15) is 0 Å². The van der Waals surface area contributed by atoms with Crippen LogP contribution < -0.4 is 20.6 Å². The van der Waals surface area contributed by atoms with Gasteiger partial charge in [0.25, 0.3) is 0 Å². The van der Waals surface area contributed by atoms with Crippen LogP contribution >= 0.6 is 0 Å². The number of methoxy groups -OCH3 is 1. The summed E-state index contributed by atoms with van der Waals surface area (Å²) in [6.07, 6.45) is 3.61. The Labute approximate surface area is 233 Å². The highest BCUT2D eigenvalue weighted by molar-refractivity contribution is 5.78. The van der Waals surface area contributed by atoms with Crippen LogP contribution in [0, 0.1) is 19.8 Å². The lowest BCUT2D eigenvalue weighted by molar-refractivity contribution is -0.311. The van der Waals surface area contributed by atoms with Crippen LogP contribution in [0.2, 0.25) is 0 Å². The van der Waals surface area contributed by atoms with Crippen LogP contribution in [0.5, 0.6) is 0 Å². The molecule has 1 atom stereocenters. The van der Waals surface area contributed by atoms with E-state index in [4.69, 9.17) is 9.72 Å². The highest BCUT2D eigenvalue weighted by atomic mass is 16.5. The second-order valence-corrected chi connectivity index (χ2v) is 10.3. The molecule has 0 aliphatic carbocycles. The van der Waals surface area contributed by atoms with Gasteiger partial charge in [-0.05, 0) is 51.2 Å². The smallest absolute Gasteiger partial charge is 0.308 e. The van der Waals surface area contributed by atoms with Gasteiger partial charge in [-0.15, -0.1) is 0 Å². The van der Waals surface area contributed by atoms with E-state index in [1.165, 1.54) is 12.7 Å². The Morgan fingerprint density at radius 2 is 1.93 bits per heavy atom. The third-order valence-corrected chi connectivity index (χ3v) is 7.42. The predicted molar refractivity (Wildman–Crippen MR) is 146 cm³/mol. The van der Waals surface area contributed by atoms with E-state index in [1.54, 1.807) is 6.92 Å². The lowest BCUT2D eigenvalue weighted by Crippen LogP contribution is -2.37. The number of nitrogens with one attached hydrogen (secondary N) is 2. The first kappa shape index (κ1) is 29.0. The maximum atomic E-state index is 12.1. The molecule has 2 aromatic rings. The van der Waals surface area contributed by atoms with Gasteiger partial charge in [0.15, 0.2) is 0 Å². The lowest BCUT2D eigenvalue weighted by Gasteiger charge is -2.34. The van der Waals surface area contributed by atoms with Crippen molar-refractivity contribution in [3.05, 3.63) is 34.8 Å². The van der Waals surface area contributed by atoms with E-state index in [0.717, 1.165) is 68.2 Å². The molecule has 4 heterocycles. The SMILES string of the molecule is COC(=O)CCOC(=O)C[C@@H](CNc1nc(C)nc(N2CCC(c3ccc4c(n3)NCCC4)CC2)c1C)C(=O)[O-]. The zero-order chi connectivity index (χ0) is 28.6. The van der Waals surface area contributed by atoms with Crippen molar-refractivity contribution in [1.82, 2.24) is 15.0 Å². The fourth-order valence-corrected chi connectivity index (χ4v) is 5.12. The number of ether oxygens (including phenoxy) is 2. The highest BCUT2D eigenvalue weighted by Gasteiger charge is 2.26. The summed E-state index contributed by atoms with van der Waals surface area (Å²) in [6, 6.07) is 4.37. The molecule has 12 heteroatoms. The summed E-state index contributed by atoms with van der Waals surface area (Å²) in [5, 5.41) is 18.2. The second-order valence-electron chi connectivity index (χ2n) is 10.3. The molecule has 216 valence electrons. The molecular weight excluding hydrogens is 516 g/mol. The molecule has 0 unspecified atom stereocenters. The number of aliphatic carboxylic acids is 1. The van der Waals surface area contributed by atoms with Gasteiger partial charge in [0, 0.05) is 55.2 Å². The zero-order valence-electron chi connectivity index (χ0n) is 23.3. The van der Waals surface area contributed by atoms with E-state index in [-0.39, 0.29) is 19.6 Å². The fraction of sp³-hybridized carbons (Fsp3) is 0.571. The second kappa shape index (κ2) is 13.4. The number of aromatic nitrogens is 3. The molecule has 12 nitrogen and oxygen atoms in total. The number of pyridine rings is 1. The highest BCUT2D eigenvalue weighted by Crippen LogP contribution is 2.33. The van der Waals surface area contributed by atoms with Crippen molar-refractivity contribution in [2.45, 2.75) is 58.3 Å². The van der Waals surface area contributed by atoms with Crippen molar-refractivity contribution in [1.29, 1.82) is 0 Å².